The van der Waals surface area contributed by atoms with Gasteiger partial charge in [-0.3, -0.25) is 19.2 Å². The zero-order valence-electron chi connectivity index (χ0n) is 24.2. The van der Waals surface area contributed by atoms with Gasteiger partial charge in [0.05, 0.1) is 12.2 Å². The van der Waals surface area contributed by atoms with E-state index in [0.717, 1.165) is 0 Å². The lowest BCUT2D eigenvalue weighted by Crippen LogP contribution is -2.66. The highest BCUT2D eigenvalue weighted by Gasteiger charge is 2.87. The van der Waals surface area contributed by atoms with Gasteiger partial charge in [0.2, 0.25) is 0 Å². The number of aliphatic hydroxyl groups is 2. The minimum absolute atomic E-state index is 0.0471. The van der Waals surface area contributed by atoms with Crippen molar-refractivity contribution in [1.29, 1.82) is 0 Å². The molecule has 2 saturated heterocycles. The van der Waals surface area contributed by atoms with Crippen molar-refractivity contribution >= 4 is 29.8 Å². The van der Waals surface area contributed by atoms with Gasteiger partial charge in [0.15, 0.2) is 17.3 Å². The molecular weight excluding hydrogens is 544 g/mol. The van der Waals surface area contributed by atoms with E-state index >= 15 is 0 Å². The van der Waals surface area contributed by atoms with Crippen LogP contribution in [0.4, 0.5) is 0 Å². The van der Waals surface area contributed by atoms with E-state index in [9.17, 15) is 34.2 Å². The maximum absolute atomic E-state index is 13.1. The molecule has 0 aromatic rings. The summed E-state index contributed by atoms with van der Waals surface area (Å²) in [5, 5.41) is 22.7. The molecule has 0 amide bonds. The van der Waals surface area contributed by atoms with Crippen molar-refractivity contribution < 1.29 is 62.6 Å². The lowest BCUT2D eigenvalue weighted by molar-refractivity contribution is -0.233. The summed E-state index contributed by atoms with van der Waals surface area (Å²) >= 11 is 0. The highest BCUT2D eigenvalue weighted by atomic mass is 16.7. The van der Waals surface area contributed by atoms with Gasteiger partial charge in [-0.05, 0) is 24.5 Å². The third-order valence-corrected chi connectivity index (χ3v) is 9.19. The third kappa shape index (κ3) is 5.01. The Morgan fingerprint density at radius 1 is 0.927 bits per heavy atom. The number of carbonyl (C=O) groups is 5. The van der Waals surface area contributed by atoms with Crippen LogP contribution >= 0.6 is 0 Å². The largest absolute Gasteiger partial charge is 0.462 e. The molecule has 13 heteroatoms. The second-order valence-electron chi connectivity index (χ2n) is 11.8. The Balaban J connectivity index is 2.02. The standard InChI is InChI=1S/C28H38O13/c1-12-18(33)9-20(37-14(3)30)26(6)21(38-15(4)31)10-19(34)17(11-36-13(2)29)8-22-28(24(23(12)26)39-16(5)32)27(7,41-28)25(35)40-22/h8,12,18-24,33-34H,9-11H2,1-7H3/b17-8-/t12-,18-,19+,20-,21-,22-,23+,24-,26+,27-,28-/m0/s1. The quantitative estimate of drug-likeness (QED) is 0.198. The minimum Gasteiger partial charge on any atom is -0.462 e. The maximum atomic E-state index is 13.1. The fraction of sp³-hybridized carbons (Fsp3) is 0.750. The van der Waals surface area contributed by atoms with E-state index in [1.54, 1.807) is 13.8 Å². The molecule has 0 aromatic heterocycles. The molecule has 3 fully saturated rings. The fourth-order valence-electron chi connectivity index (χ4n) is 7.14. The lowest BCUT2D eigenvalue weighted by Gasteiger charge is -2.56. The summed E-state index contributed by atoms with van der Waals surface area (Å²) in [6.45, 7) is 9.24. The molecule has 228 valence electrons. The summed E-state index contributed by atoms with van der Waals surface area (Å²) in [6, 6.07) is 0. The van der Waals surface area contributed by atoms with Crippen molar-refractivity contribution in [2.75, 3.05) is 6.61 Å². The van der Waals surface area contributed by atoms with Crippen LogP contribution in [0.2, 0.25) is 0 Å². The Labute approximate surface area is 237 Å². The zero-order chi connectivity index (χ0) is 30.7. The second kappa shape index (κ2) is 10.7. The van der Waals surface area contributed by atoms with Crippen LogP contribution in [0.1, 0.15) is 61.3 Å². The molecule has 0 aromatic carbocycles. The second-order valence-corrected chi connectivity index (χ2v) is 11.8. The molecule has 0 bridgehead atoms. The van der Waals surface area contributed by atoms with Gasteiger partial charge in [0.25, 0.3) is 0 Å². The predicted molar refractivity (Wildman–Crippen MR) is 135 cm³/mol. The molecule has 1 saturated carbocycles. The normalized spacial score (nSPS) is 44.4. The number of esters is 5. The zero-order valence-corrected chi connectivity index (χ0v) is 24.2. The molecule has 2 N–H and O–H groups in total. The maximum Gasteiger partial charge on any atom is 0.342 e. The van der Waals surface area contributed by atoms with Crippen LogP contribution in [0.3, 0.4) is 0 Å². The van der Waals surface area contributed by atoms with Crippen LogP contribution < -0.4 is 0 Å². The molecule has 13 nitrogen and oxygen atoms in total. The third-order valence-electron chi connectivity index (χ3n) is 9.19. The first-order valence-electron chi connectivity index (χ1n) is 13.6. The van der Waals surface area contributed by atoms with Crippen molar-refractivity contribution in [2.45, 2.75) is 109 Å². The number of carbonyl (C=O) groups excluding carboxylic acids is 5. The van der Waals surface area contributed by atoms with Gasteiger partial charge < -0.3 is 38.6 Å². The highest BCUT2D eigenvalue weighted by molar-refractivity contribution is 5.89. The van der Waals surface area contributed by atoms with E-state index in [1.807, 2.05) is 0 Å². The predicted octanol–water partition coefficient (Wildman–Crippen LogP) is 0.512. The topological polar surface area (TPSA) is 184 Å². The minimum atomic E-state index is -1.63. The highest BCUT2D eigenvalue weighted by Crippen LogP contribution is 2.65. The van der Waals surface area contributed by atoms with Crippen LogP contribution in [0.15, 0.2) is 11.6 Å². The number of epoxide rings is 1. The molecule has 11 atom stereocenters. The average molecular weight is 583 g/mol. The first-order valence-corrected chi connectivity index (χ1v) is 13.6. The van der Waals surface area contributed by atoms with E-state index in [4.69, 9.17) is 28.4 Å². The van der Waals surface area contributed by atoms with Crippen LogP contribution in [-0.2, 0) is 52.4 Å². The SMILES string of the molecule is CC(=O)OC/C1=C/[C@@H]2OC(=O)[C@]3(C)O[C@]23[C@@H](OC(C)=O)[C@H]2[C@@H](C)[C@@H](O)C[C@H](OC(C)=O)[C@]2(C)[C@@H](OC(C)=O)C[C@H]1O. The van der Waals surface area contributed by atoms with Gasteiger partial charge in [-0.2, -0.15) is 0 Å². The van der Waals surface area contributed by atoms with E-state index < -0.39 is 94.9 Å². The van der Waals surface area contributed by atoms with E-state index in [1.165, 1.54) is 40.7 Å². The van der Waals surface area contributed by atoms with E-state index in [2.05, 4.69) is 0 Å². The average Bonchev–Trinajstić information content (AvgIpc) is 3.43. The Morgan fingerprint density at radius 3 is 2.00 bits per heavy atom. The van der Waals surface area contributed by atoms with Crippen molar-refractivity contribution in [1.82, 2.24) is 0 Å². The molecule has 1 spiro atoms. The summed E-state index contributed by atoms with van der Waals surface area (Å²) in [6.07, 6.45) is -6.07. The smallest absolute Gasteiger partial charge is 0.342 e. The lowest BCUT2D eigenvalue weighted by atomic mass is 9.53. The van der Waals surface area contributed by atoms with Gasteiger partial charge in [-0.1, -0.05) is 13.8 Å². The molecule has 0 radical (unpaired) electrons. The van der Waals surface area contributed by atoms with Crippen LogP contribution in [0.25, 0.3) is 0 Å². The number of hydrogen-bond acceptors (Lipinski definition) is 13. The van der Waals surface area contributed by atoms with Gasteiger partial charge in [-0.25, -0.2) is 4.79 Å². The number of ether oxygens (including phenoxy) is 6. The van der Waals surface area contributed by atoms with Gasteiger partial charge in [0.1, 0.15) is 24.9 Å². The number of fused-ring (bicyclic) bond motifs is 1. The monoisotopic (exact) mass is 582 g/mol. The Bertz CT molecular complexity index is 1160. The van der Waals surface area contributed by atoms with E-state index in [-0.39, 0.29) is 25.0 Å². The molecule has 2 aliphatic heterocycles. The van der Waals surface area contributed by atoms with Crippen molar-refractivity contribution in [2.24, 2.45) is 17.3 Å². The molecule has 2 aliphatic carbocycles. The van der Waals surface area contributed by atoms with Gasteiger partial charge in [0, 0.05) is 51.9 Å². The summed E-state index contributed by atoms with van der Waals surface area (Å²) in [4.78, 5) is 62.2. The first kappa shape index (κ1) is 30.9. The Morgan fingerprint density at radius 2 is 1.49 bits per heavy atom. The van der Waals surface area contributed by atoms with Crippen LogP contribution in [-0.4, -0.2) is 94.5 Å². The van der Waals surface area contributed by atoms with Crippen molar-refractivity contribution in [3.63, 3.8) is 0 Å². The number of aliphatic hydroxyl groups excluding tert-OH is 2. The molecular formula is C28H38O13. The summed E-state index contributed by atoms with van der Waals surface area (Å²) < 4.78 is 34.5. The summed E-state index contributed by atoms with van der Waals surface area (Å²) in [5.41, 5.74) is -4.49. The van der Waals surface area contributed by atoms with Crippen molar-refractivity contribution in [3.8, 4) is 0 Å². The first-order chi connectivity index (χ1) is 19.0. The summed E-state index contributed by atoms with van der Waals surface area (Å²) in [7, 11) is 0. The molecule has 41 heavy (non-hydrogen) atoms. The molecule has 0 unspecified atom stereocenters. The van der Waals surface area contributed by atoms with Crippen LogP contribution in [0, 0.1) is 17.3 Å². The van der Waals surface area contributed by atoms with Crippen LogP contribution in [0.5, 0.6) is 0 Å². The van der Waals surface area contributed by atoms with E-state index in [0.29, 0.717) is 0 Å². The number of rotatable bonds is 5. The fourth-order valence-corrected chi connectivity index (χ4v) is 7.14. The molecule has 4 aliphatic rings. The Hall–Kier alpha value is -3.03. The van der Waals surface area contributed by atoms with Gasteiger partial charge >= 0.3 is 29.8 Å². The van der Waals surface area contributed by atoms with Crippen molar-refractivity contribution in [3.05, 3.63) is 11.6 Å². The Kier molecular flexibility index (Phi) is 8.04. The molecule has 2 heterocycles. The van der Waals surface area contributed by atoms with Gasteiger partial charge in [-0.15, -0.1) is 0 Å². The number of hydrogen-bond donors (Lipinski definition) is 2. The molecule has 4 rings (SSSR count). The summed E-state index contributed by atoms with van der Waals surface area (Å²) in [5.74, 6) is -5.07.